The lowest BCUT2D eigenvalue weighted by atomic mass is 10.2. The van der Waals surface area contributed by atoms with E-state index in [4.69, 9.17) is 5.26 Å². The molecule has 1 aromatic carbocycles. The zero-order valence-corrected chi connectivity index (χ0v) is 11.3. The molecule has 0 aliphatic rings. The van der Waals surface area contributed by atoms with Gasteiger partial charge in [-0.05, 0) is 24.3 Å². The number of hydrogen-bond donors (Lipinski definition) is 1. The Bertz CT molecular complexity index is 739. The van der Waals surface area contributed by atoms with E-state index in [1.54, 1.807) is 24.0 Å². The zero-order chi connectivity index (χ0) is 13.8. The van der Waals surface area contributed by atoms with E-state index < -0.39 is 0 Å². The predicted molar refractivity (Wildman–Crippen MR) is 77.7 cm³/mol. The van der Waals surface area contributed by atoms with Crippen LogP contribution >= 0.6 is 11.3 Å². The summed E-state index contributed by atoms with van der Waals surface area (Å²) in [4.78, 5) is 1.14. The van der Waals surface area contributed by atoms with Crippen LogP contribution in [0.2, 0.25) is 0 Å². The van der Waals surface area contributed by atoms with Gasteiger partial charge in [0.15, 0.2) is 0 Å². The Labute approximate surface area is 120 Å². The van der Waals surface area contributed by atoms with E-state index in [1.165, 1.54) is 0 Å². The monoisotopic (exact) mass is 281 g/mol. The summed E-state index contributed by atoms with van der Waals surface area (Å²) in [6.45, 7) is 0.706. The van der Waals surface area contributed by atoms with Gasteiger partial charge in [0.05, 0.1) is 11.3 Å². The van der Waals surface area contributed by atoms with Gasteiger partial charge in [0.1, 0.15) is 18.7 Å². The van der Waals surface area contributed by atoms with Crippen molar-refractivity contribution >= 4 is 17.0 Å². The van der Waals surface area contributed by atoms with Crippen LogP contribution in [0, 0.1) is 11.3 Å². The lowest BCUT2D eigenvalue weighted by molar-refractivity contribution is 1.05. The molecule has 1 N–H and O–H groups in total. The molecule has 3 aromatic rings. The Balaban J connectivity index is 1.72. The fraction of sp³-hybridized carbons (Fsp3) is 0.0714. The molecule has 0 spiro atoms. The molecular formula is C14H11N5S. The van der Waals surface area contributed by atoms with Gasteiger partial charge >= 0.3 is 0 Å². The highest BCUT2D eigenvalue weighted by atomic mass is 32.1. The molecule has 0 saturated carbocycles. The lowest BCUT2D eigenvalue weighted by Gasteiger charge is -2.07. The summed E-state index contributed by atoms with van der Waals surface area (Å²) in [7, 11) is 0. The summed E-state index contributed by atoms with van der Waals surface area (Å²) >= 11 is 1.59. The summed E-state index contributed by atoms with van der Waals surface area (Å²) in [5.41, 5.74) is 2.73. The number of nitrogens with zero attached hydrogens (tertiary/aromatic N) is 4. The summed E-state index contributed by atoms with van der Waals surface area (Å²) in [6, 6.07) is 12.1. The van der Waals surface area contributed by atoms with Crippen molar-refractivity contribution in [3.05, 3.63) is 58.8 Å². The molecule has 20 heavy (non-hydrogen) atoms. The molecule has 0 saturated heterocycles. The van der Waals surface area contributed by atoms with E-state index in [0.29, 0.717) is 12.1 Å². The van der Waals surface area contributed by atoms with Crippen LogP contribution in [0.1, 0.15) is 10.4 Å². The minimum atomic E-state index is 0.706. The van der Waals surface area contributed by atoms with Crippen LogP contribution in [0.5, 0.6) is 0 Å². The van der Waals surface area contributed by atoms with Gasteiger partial charge in [-0.1, -0.05) is 6.07 Å². The Hall–Kier alpha value is -2.65. The van der Waals surface area contributed by atoms with Gasteiger partial charge in [0.2, 0.25) is 0 Å². The molecule has 0 unspecified atom stereocenters. The summed E-state index contributed by atoms with van der Waals surface area (Å²) in [6.07, 6.45) is 3.33. The highest BCUT2D eigenvalue weighted by Crippen LogP contribution is 2.18. The summed E-state index contributed by atoms with van der Waals surface area (Å²) < 4.78 is 1.85. The normalized spacial score (nSPS) is 10.2. The van der Waals surface area contributed by atoms with Crippen LogP contribution in [0.3, 0.4) is 0 Å². The third-order valence-electron chi connectivity index (χ3n) is 2.81. The van der Waals surface area contributed by atoms with Crippen molar-refractivity contribution in [1.82, 2.24) is 14.8 Å². The first-order valence-electron chi connectivity index (χ1n) is 6.01. The van der Waals surface area contributed by atoms with Gasteiger partial charge in [0, 0.05) is 22.5 Å². The molecule has 0 amide bonds. The zero-order valence-electron chi connectivity index (χ0n) is 10.5. The number of benzene rings is 1. The topological polar surface area (TPSA) is 66.5 Å². The van der Waals surface area contributed by atoms with E-state index in [2.05, 4.69) is 21.6 Å². The molecule has 2 heterocycles. The van der Waals surface area contributed by atoms with Crippen LogP contribution in [-0.2, 0) is 6.54 Å². The Morgan fingerprint density at radius 1 is 1.25 bits per heavy atom. The second kappa shape index (κ2) is 5.55. The third kappa shape index (κ3) is 2.68. The molecule has 2 aromatic heterocycles. The maximum Gasteiger partial charge on any atom is 0.123 e. The molecule has 6 heteroatoms. The molecule has 0 atom stereocenters. The first-order chi connectivity index (χ1) is 9.85. The van der Waals surface area contributed by atoms with Crippen molar-refractivity contribution < 1.29 is 0 Å². The van der Waals surface area contributed by atoms with Crippen molar-refractivity contribution in [2.75, 3.05) is 5.32 Å². The third-order valence-corrected chi connectivity index (χ3v) is 3.75. The van der Waals surface area contributed by atoms with Crippen molar-refractivity contribution in [3.63, 3.8) is 0 Å². The average Bonchev–Trinajstić information content (AvgIpc) is 3.17. The van der Waals surface area contributed by atoms with E-state index in [-0.39, 0.29) is 0 Å². The van der Waals surface area contributed by atoms with Crippen LogP contribution in [0.4, 0.5) is 5.69 Å². The van der Waals surface area contributed by atoms with Crippen LogP contribution in [0.15, 0.2) is 48.4 Å². The Morgan fingerprint density at radius 2 is 2.10 bits per heavy atom. The lowest BCUT2D eigenvalue weighted by Crippen LogP contribution is -1.98. The van der Waals surface area contributed by atoms with E-state index in [0.717, 1.165) is 16.3 Å². The molecular weight excluding hydrogens is 270 g/mol. The summed E-state index contributed by atoms with van der Waals surface area (Å²) in [5.74, 6) is 0. The second-order valence-corrected chi connectivity index (χ2v) is 5.18. The average molecular weight is 281 g/mol. The van der Waals surface area contributed by atoms with Crippen molar-refractivity contribution in [2.24, 2.45) is 0 Å². The van der Waals surface area contributed by atoms with Crippen LogP contribution < -0.4 is 5.32 Å². The van der Waals surface area contributed by atoms with Gasteiger partial charge in [-0.3, -0.25) is 4.57 Å². The smallest absolute Gasteiger partial charge is 0.123 e. The molecule has 0 aliphatic carbocycles. The molecule has 98 valence electrons. The van der Waals surface area contributed by atoms with Gasteiger partial charge in [-0.2, -0.15) is 5.26 Å². The van der Waals surface area contributed by atoms with Gasteiger partial charge in [-0.15, -0.1) is 21.5 Å². The van der Waals surface area contributed by atoms with Crippen molar-refractivity contribution in [2.45, 2.75) is 6.54 Å². The number of thiophene rings is 1. The number of nitrogens with one attached hydrogen (secondary N) is 1. The highest BCUT2D eigenvalue weighted by molar-refractivity contribution is 7.10. The minimum Gasteiger partial charge on any atom is -0.380 e. The SMILES string of the molecule is N#Cc1csc(CNc2cccc(-n3cnnc3)c2)c1. The second-order valence-electron chi connectivity index (χ2n) is 4.19. The molecule has 0 aliphatic heterocycles. The number of aromatic nitrogens is 3. The van der Waals surface area contributed by atoms with E-state index in [9.17, 15) is 0 Å². The molecule has 0 fully saturated rings. The fourth-order valence-electron chi connectivity index (χ4n) is 1.83. The minimum absolute atomic E-state index is 0.706. The maximum atomic E-state index is 8.80. The Morgan fingerprint density at radius 3 is 2.85 bits per heavy atom. The number of anilines is 1. The van der Waals surface area contributed by atoms with E-state index in [1.807, 2.05) is 40.3 Å². The predicted octanol–water partition coefficient (Wildman–Crippen LogP) is 2.81. The largest absolute Gasteiger partial charge is 0.380 e. The number of hydrogen-bond acceptors (Lipinski definition) is 5. The quantitative estimate of drug-likeness (QED) is 0.798. The Kier molecular flexibility index (Phi) is 3.44. The van der Waals surface area contributed by atoms with Crippen LogP contribution in [0.25, 0.3) is 5.69 Å². The molecule has 0 radical (unpaired) electrons. The van der Waals surface area contributed by atoms with Gasteiger partial charge in [0.25, 0.3) is 0 Å². The standard InChI is InChI=1S/C14H11N5S/c15-6-11-4-14(20-8-11)7-16-12-2-1-3-13(5-12)19-9-17-18-10-19/h1-5,8-10,16H,7H2. The number of nitriles is 1. The van der Waals surface area contributed by atoms with Crippen molar-refractivity contribution in [1.29, 1.82) is 5.26 Å². The molecule has 0 bridgehead atoms. The van der Waals surface area contributed by atoms with Gasteiger partial charge in [-0.25, -0.2) is 0 Å². The molecule has 3 rings (SSSR count). The number of rotatable bonds is 4. The fourth-order valence-corrected chi connectivity index (χ4v) is 2.58. The highest BCUT2D eigenvalue weighted by Gasteiger charge is 2.01. The van der Waals surface area contributed by atoms with Crippen molar-refractivity contribution in [3.8, 4) is 11.8 Å². The van der Waals surface area contributed by atoms with Crippen LogP contribution in [-0.4, -0.2) is 14.8 Å². The first-order valence-corrected chi connectivity index (χ1v) is 6.89. The first kappa shape index (κ1) is 12.4. The van der Waals surface area contributed by atoms with Gasteiger partial charge < -0.3 is 5.32 Å². The maximum absolute atomic E-state index is 8.80. The summed E-state index contributed by atoms with van der Waals surface area (Å²) in [5, 5.41) is 21.6. The van der Waals surface area contributed by atoms with E-state index >= 15 is 0 Å². The molecule has 5 nitrogen and oxygen atoms in total.